The van der Waals surface area contributed by atoms with Crippen LogP contribution in [0.4, 0.5) is 5.69 Å². The quantitative estimate of drug-likeness (QED) is 0.684. The van der Waals surface area contributed by atoms with Crippen LogP contribution in [0.25, 0.3) is 0 Å². The van der Waals surface area contributed by atoms with Crippen molar-refractivity contribution in [3.63, 3.8) is 0 Å². The lowest BCUT2D eigenvalue weighted by Gasteiger charge is -2.16. The van der Waals surface area contributed by atoms with Crippen molar-refractivity contribution in [2.45, 2.75) is 19.4 Å². The molecule has 0 aliphatic carbocycles. The average Bonchev–Trinajstić information content (AvgIpc) is 2.43. The summed E-state index contributed by atoms with van der Waals surface area (Å²) in [6.07, 6.45) is -1.30. The second kappa shape index (κ2) is 3.47. The Hall–Kier alpha value is -1.68. The van der Waals surface area contributed by atoms with Crippen molar-refractivity contribution in [1.82, 2.24) is 0 Å². The van der Waals surface area contributed by atoms with Crippen LogP contribution in [0, 0.1) is 6.92 Å². The van der Waals surface area contributed by atoms with Crippen molar-refractivity contribution in [3.05, 3.63) is 29.8 Å². The summed E-state index contributed by atoms with van der Waals surface area (Å²) in [5, 5.41) is 9.28. The fraction of sp³-hybridized carbons (Fsp3) is 0.273. The van der Waals surface area contributed by atoms with Crippen LogP contribution in [0.15, 0.2) is 24.3 Å². The number of benzene rings is 1. The third kappa shape index (κ3) is 1.53. The molecule has 1 saturated heterocycles. The van der Waals surface area contributed by atoms with E-state index in [0.717, 1.165) is 10.5 Å². The van der Waals surface area contributed by atoms with Gasteiger partial charge in [0, 0.05) is 0 Å². The highest BCUT2D eigenvalue weighted by Gasteiger charge is 2.38. The number of aryl methyl sites for hydroxylation is 1. The highest BCUT2D eigenvalue weighted by atomic mass is 16.3. The molecule has 0 saturated carbocycles. The van der Waals surface area contributed by atoms with E-state index in [4.69, 9.17) is 0 Å². The Bertz CT molecular complexity index is 428. The first-order chi connectivity index (χ1) is 7.11. The molecule has 78 valence electrons. The SMILES string of the molecule is Cc1ccccc1N1C(=O)CC(O)C1=O. The maximum atomic E-state index is 11.5. The van der Waals surface area contributed by atoms with E-state index in [-0.39, 0.29) is 12.3 Å². The van der Waals surface area contributed by atoms with E-state index in [9.17, 15) is 14.7 Å². The van der Waals surface area contributed by atoms with Crippen LogP contribution in [-0.2, 0) is 9.59 Å². The first-order valence-corrected chi connectivity index (χ1v) is 4.72. The van der Waals surface area contributed by atoms with Gasteiger partial charge in [0.1, 0.15) is 6.10 Å². The predicted octanol–water partition coefficient (Wildman–Crippen LogP) is 0.619. The minimum absolute atomic E-state index is 0.118. The van der Waals surface area contributed by atoms with Gasteiger partial charge in [-0.2, -0.15) is 0 Å². The number of amides is 2. The van der Waals surface area contributed by atoms with Crippen LogP contribution in [0.3, 0.4) is 0 Å². The minimum atomic E-state index is -1.18. The highest BCUT2D eigenvalue weighted by Crippen LogP contribution is 2.25. The molecule has 1 unspecified atom stereocenters. The van der Waals surface area contributed by atoms with Crippen molar-refractivity contribution in [2.75, 3.05) is 4.90 Å². The number of anilines is 1. The van der Waals surface area contributed by atoms with E-state index < -0.39 is 12.0 Å². The molecule has 1 aromatic carbocycles. The smallest absolute Gasteiger partial charge is 0.263 e. The molecular formula is C11H11NO3. The van der Waals surface area contributed by atoms with Gasteiger partial charge in [0.05, 0.1) is 12.1 Å². The molecule has 0 radical (unpaired) electrons. The summed E-state index contributed by atoms with van der Waals surface area (Å²) in [5.41, 5.74) is 1.40. The van der Waals surface area contributed by atoms with Crippen molar-refractivity contribution in [3.8, 4) is 0 Å². The number of carbonyl (C=O) groups excluding carboxylic acids is 2. The van der Waals surface area contributed by atoms with Crippen LogP contribution in [0.1, 0.15) is 12.0 Å². The molecule has 1 atom stereocenters. The lowest BCUT2D eigenvalue weighted by atomic mass is 10.2. The van der Waals surface area contributed by atoms with E-state index in [0.29, 0.717) is 5.69 Å². The molecular weight excluding hydrogens is 194 g/mol. The number of para-hydroxylation sites is 1. The molecule has 2 rings (SSSR count). The topological polar surface area (TPSA) is 57.6 Å². The summed E-state index contributed by atoms with van der Waals surface area (Å²) in [4.78, 5) is 24.1. The van der Waals surface area contributed by atoms with Gasteiger partial charge in [0.15, 0.2) is 0 Å². The van der Waals surface area contributed by atoms with E-state index in [1.165, 1.54) is 0 Å². The largest absolute Gasteiger partial charge is 0.383 e. The molecule has 1 N–H and O–H groups in total. The number of imide groups is 1. The van der Waals surface area contributed by atoms with E-state index in [1.807, 2.05) is 19.1 Å². The maximum absolute atomic E-state index is 11.5. The normalized spacial score (nSPS) is 21.2. The van der Waals surface area contributed by atoms with Crippen molar-refractivity contribution < 1.29 is 14.7 Å². The summed E-state index contributed by atoms with van der Waals surface area (Å²) in [5.74, 6) is -0.879. The second-order valence-electron chi connectivity index (χ2n) is 3.57. The lowest BCUT2D eigenvalue weighted by molar-refractivity contribution is -0.124. The van der Waals surface area contributed by atoms with E-state index in [2.05, 4.69) is 0 Å². The predicted molar refractivity (Wildman–Crippen MR) is 54.3 cm³/mol. The third-order valence-corrected chi connectivity index (χ3v) is 2.48. The van der Waals surface area contributed by atoms with Gasteiger partial charge in [0.2, 0.25) is 5.91 Å². The van der Waals surface area contributed by atoms with Gasteiger partial charge >= 0.3 is 0 Å². The number of hydrogen-bond donors (Lipinski definition) is 1. The Labute approximate surface area is 87.1 Å². The number of rotatable bonds is 1. The van der Waals surface area contributed by atoms with Crippen LogP contribution in [0.5, 0.6) is 0 Å². The molecule has 0 aromatic heterocycles. The van der Waals surface area contributed by atoms with Gasteiger partial charge in [-0.25, -0.2) is 4.90 Å². The molecule has 0 bridgehead atoms. The fourth-order valence-electron chi connectivity index (χ4n) is 1.68. The number of hydrogen-bond acceptors (Lipinski definition) is 3. The van der Waals surface area contributed by atoms with Crippen molar-refractivity contribution >= 4 is 17.5 Å². The summed E-state index contributed by atoms with van der Waals surface area (Å²) < 4.78 is 0. The lowest BCUT2D eigenvalue weighted by Crippen LogP contribution is -2.32. The zero-order valence-corrected chi connectivity index (χ0v) is 8.30. The molecule has 0 spiro atoms. The minimum Gasteiger partial charge on any atom is -0.383 e. The van der Waals surface area contributed by atoms with Gasteiger partial charge in [-0.3, -0.25) is 9.59 Å². The standard InChI is InChI=1S/C11H11NO3/c1-7-4-2-3-5-8(7)12-10(14)6-9(13)11(12)15/h2-5,9,13H,6H2,1H3. The fourth-order valence-corrected chi connectivity index (χ4v) is 1.68. The van der Waals surface area contributed by atoms with E-state index >= 15 is 0 Å². The Morgan fingerprint density at radius 1 is 1.33 bits per heavy atom. The monoisotopic (exact) mass is 205 g/mol. The summed E-state index contributed by atoms with van der Waals surface area (Å²) in [7, 11) is 0. The third-order valence-electron chi connectivity index (χ3n) is 2.48. The van der Waals surface area contributed by atoms with Crippen LogP contribution < -0.4 is 4.90 Å². The Morgan fingerprint density at radius 2 is 2.00 bits per heavy atom. The molecule has 1 aliphatic rings. The maximum Gasteiger partial charge on any atom is 0.263 e. The molecule has 15 heavy (non-hydrogen) atoms. The van der Waals surface area contributed by atoms with Crippen LogP contribution in [-0.4, -0.2) is 23.0 Å². The van der Waals surface area contributed by atoms with Gasteiger partial charge < -0.3 is 5.11 Å². The number of aliphatic hydroxyl groups excluding tert-OH is 1. The number of nitrogens with zero attached hydrogens (tertiary/aromatic N) is 1. The van der Waals surface area contributed by atoms with Gasteiger partial charge in [-0.1, -0.05) is 18.2 Å². The Kier molecular flexibility index (Phi) is 2.28. The van der Waals surface area contributed by atoms with Crippen molar-refractivity contribution in [2.24, 2.45) is 0 Å². The van der Waals surface area contributed by atoms with Crippen LogP contribution >= 0.6 is 0 Å². The zero-order valence-electron chi connectivity index (χ0n) is 8.30. The molecule has 1 heterocycles. The summed E-state index contributed by atoms with van der Waals surface area (Å²) >= 11 is 0. The van der Waals surface area contributed by atoms with E-state index in [1.54, 1.807) is 12.1 Å². The van der Waals surface area contributed by atoms with Gasteiger partial charge in [-0.15, -0.1) is 0 Å². The summed E-state index contributed by atoms with van der Waals surface area (Å²) in [6.45, 7) is 1.82. The molecule has 2 amide bonds. The van der Waals surface area contributed by atoms with Gasteiger partial charge in [0.25, 0.3) is 5.91 Å². The summed E-state index contributed by atoms with van der Waals surface area (Å²) in [6, 6.07) is 7.11. The molecule has 4 heteroatoms. The highest BCUT2D eigenvalue weighted by molar-refractivity contribution is 6.22. The number of carbonyl (C=O) groups is 2. The first-order valence-electron chi connectivity index (χ1n) is 4.72. The van der Waals surface area contributed by atoms with Crippen molar-refractivity contribution in [1.29, 1.82) is 0 Å². The molecule has 1 aliphatic heterocycles. The average molecular weight is 205 g/mol. The molecule has 4 nitrogen and oxygen atoms in total. The van der Waals surface area contributed by atoms with Gasteiger partial charge in [-0.05, 0) is 18.6 Å². The van der Waals surface area contributed by atoms with Crippen LogP contribution in [0.2, 0.25) is 0 Å². The Balaban J connectivity index is 2.44. The molecule has 1 aromatic rings. The Morgan fingerprint density at radius 3 is 2.53 bits per heavy atom. The second-order valence-corrected chi connectivity index (χ2v) is 3.57. The zero-order chi connectivity index (χ0) is 11.0. The number of aliphatic hydroxyl groups is 1. The first kappa shape index (κ1) is 9.86. The molecule has 1 fully saturated rings.